The van der Waals surface area contributed by atoms with Crippen molar-refractivity contribution in [2.75, 3.05) is 48.7 Å². The van der Waals surface area contributed by atoms with Crippen LogP contribution in [-0.2, 0) is 9.47 Å². The van der Waals surface area contributed by atoms with Crippen LogP contribution in [0.3, 0.4) is 0 Å². The number of allylic oxidation sites excluding steroid dienone is 1. The molecule has 63 heavy (non-hydrogen) atoms. The van der Waals surface area contributed by atoms with Crippen molar-refractivity contribution in [3.05, 3.63) is 145 Å². The van der Waals surface area contributed by atoms with E-state index in [9.17, 15) is 4.79 Å². The second-order valence-corrected chi connectivity index (χ2v) is 37.9. The smallest absolute Gasteiger partial charge is 0.668 e. The first-order valence-electron chi connectivity index (χ1n) is 19.8. The van der Waals surface area contributed by atoms with Crippen LogP contribution in [0.15, 0.2) is 122 Å². The average molecular weight is 1210 g/mol. The molecule has 8 nitrogen and oxygen atoms in total. The van der Waals surface area contributed by atoms with E-state index in [0.29, 0.717) is 17.1 Å². The van der Waals surface area contributed by atoms with Gasteiger partial charge in [0.15, 0.2) is 19.4 Å². The summed E-state index contributed by atoms with van der Waals surface area (Å²) in [6.07, 6.45) is 0. The average Bonchev–Trinajstić information content (AvgIpc) is 3.22. The Morgan fingerprint density at radius 3 is 1.17 bits per heavy atom. The van der Waals surface area contributed by atoms with Crippen molar-refractivity contribution in [3.8, 4) is 23.0 Å². The zero-order valence-corrected chi connectivity index (χ0v) is 50.3. The fraction of sp³-hybridized carbons (Fsp3) is 0.312. The van der Waals surface area contributed by atoms with Gasteiger partial charge < -0.3 is 33.1 Å². The molecule has 0 atom stereocenters. The van der Waals surface area contributed by atoms with Gasteiger partial charge >= 0.3 is 164 Å². The van der Waals surface area contributed by atoms with E-state index >= 15 is 0 Å². The molecule has 0 spiro atoms. The summed E-state index contributed by atoms with van der Waals surface area (Å²) in [4.78, 5) is 11.4. The van der Waals surface area contributed by atoms with Crippen molar-refractivity contribution < 1.29 is 62.8 Å². The van der Waals surface area contributed by atoms with Crippen LogP contribution < -0.4 is 64.4 Å². The first-order valence-corrected chi connectivity index (χ1v) is 33.6. The summed E-state index contributed by atoms with van der Waals surface area (Å²) in [6, 6.07) is 39.6. The summed E-state index contributed by atoms with van der Waals surface area (Å²) in [7, 11) is 4.12. The molecule has 0 bridgehead atoms. The Bertz CT molecular complexity index is 1990. The number of benzene rings is 5. The number of hydrogen-bond donors (Lipinski definition) is 0. The number of rotatable bonds is 15. The molecular formula is C48H64BrI2NNaO7PSi2. The third kappa shape index (κ3) is 18.9. The molecule has 0 fully saturated rings. The number of carbonyl (C=O) groups excluding carboxylic acids is 1. The molecule has 5 aromatic carbocycles. The molecule has 0 saturated heterocycles. The molecule has 0 saturated carbocycles. The van der Waals surface area contributed by atoms with Crippen LogP contribution in [0.1, 0.15) is 29.8 Å². The Morgan fingerprint density at radius 1 is 0.603 bits per heavy atom. The molecule has 0 amide bonds. The predicted octanol–water partition coefficient (Wildman–Crippen LogP) is 10.3. The molecule has 0 radical (unpaired) electrons. The molecule has 0 N–H and O–H groups in total. The first kappa shape index (κ1) is 59.4. The quantitative estimate of drug-likeness (QED) is 0.0339. The maximum Gasteiger partial charge on any atom is 1.00 e. The summed E-state index contributed by atoms with van der Waals surface area (Å²) < 4.78 is 37.6. The van der Waals surface area contributed by atoms with Gasteiger partial charge in [0, 0.05) is 19.8 Å². The summed E-state index contributed by atoms with van der Waals surface area (Å²) in [5.41, 5.74) is 2.37. The van der Waals surface area contributed by atoms with Gasteiger partial charge in [0.05, 0.1) is 26.9 Å². The number of carbonyl (C=O) groups is 1. The van der Waals surface area contributed by atoms with E-state index in [1.54, 1.807) is 33.5 Å². The van der Waals surface area contributed by atoms with Crippen LogP contribution in [-0.4, -0.2) is 70.9 Å². The van der Waals surface area contributed by atoms with E-state index in [-0.39, 0.29) is 48.9 Å². The van der Waals surface area contributed by atoms with E-state index < -0.39 is 21.8 Å². The third-order valence-electron chi connectivity index (χ3n) is 8.79. The predicted molar refractivity (Wildman–Crippen MR) is 291 cm³/mol. The van der Waals surface area contributed by atoms with E-state index in [4.69, 9.17) is 33.1 Å². The number of Topliss-reactive ketones (excluding diaryl/α,β-unsaturated/α-hetero) is 1. The van der Waals surface area contributed by atoms with Gasteiger partial charge in [0.2, 0.25) is 0 Å². The van der Waals surface area contributed by atoms with E-state index in [1.807, 2.05) is 19.1 Å². The van der Waals surface area contributed by atoms with Crippen molar-refractivity contribution in [3.63, 3.8) is 0 Å². The van der Waals surface area contributed by atoms with Gasteiger partial charge in [0.25, 0.3) is 0 Å². The van der Waals surface area contributed by atoms with Gasteiger partial charge in [-0.3, -0.25) is 4.79 Å². The molecule has 0 aliphatic heterocycles. The SMILES string of the molecule is C=C(C)c1cc(OC)c(I)cc1OCOC.COCOc1cc(I)c(OC)cc1C(C)=O.CP(Br)(c1ccccc1)(c1ccccc1)c1ccccc1.C[Si](C)(C)[N-][Si](C)(C)C.[Na+]. The zero-order valence-electron chi connectivity index (χ0n) is 39.5. The Balaban J connectivity index is 0.000000434. The molecule has 0 aromatic heterocycles. The van der Waals surface area contributed by atoms with Gasteiger partial charge in [-0.05, 0) is 88.9 Å². The minimum Gasteiger partial charge on any atom is -0.668 e. The molecule has 0 aliphatic carbocycles. The van der Waals surface area contributed by atoms with Crippen LogP contribution in [0, 0.1) is 7.14 Å². The van der Waals surface area contributed by atoms with Crippen LogP contribution in [0.25, 0.3) is 10.2 Å². The number of methoxy groups -OCH3 is 4. The molecular weight excluding hydrogens is 1150 g/mol. The minimum absolute atomic E-state index is 0. The van der Waals surface area contributed by atoms with Crippen LogP contribution in [0.2, 0.25) is 39.3 Å². The Kier molecular flexibility index (Phi) is 26.3. The summed E-state index contributed by atoms with van der Waals surface area (Å²) in [6.45, 7) is 23.8. The Morgan fingerprint density at radius 2 is 0.921 bits per heavy atom. The zero-order chi connectivity index (χ0) is 46.8. The number of ketones is 1. The molecule has 0 aliphatic rings. The van der Waals surface area contributed by atoms with Gasteiger partial charge in [-0.1, -0.05) is 62.3 Å². The van der Waals surface area contributed by atoms with Crippen molar-refractivity contribution in [1.29, 1.82) is 0 Å². The topological polar surface area (TPSA) is 86.6 Å². The van der Waals surface area contributed by atoms with Crippen LogP contribution >= 0.6 is 66.0 Å². The minimum atomic E-state index is -2.56. The van der Waals surface area contributed by atoms with Gasteiger partial charge in [-0.15, -0.1) is 0 Å². The van der Waals surface area contributed by atoms with Gasteiger partial charge in [-0.2, -0.15) is 0 Å². The van der Waals surface area contributed by atoms with Crippen molar-refractivity contribution in [2.45, 2.75) is 53.1 Å². The third-order valence-corrected chi connectivity index (χ3v) is 24.1. The Hall–Kier alpha value is -1.61. The molecule has 338 valence electrons. The summed E-state index contributed by atoms with van der Waals surface area (Å²) in [5.74, 6) is 2.69. The number of hydrogen-bond acceptors (Lipinski definition) is 7. The molecule has 5 aromatic rings. The fourth-order valence-electron chi connectivity index (χ4n) is 6.28. The second kappa shape index (κ2) is 27.9. The van der Waals surface area contributed by atoms with E-state index in [1.165, 1.54) is 29.9 Å². The van der Waals surface area contributed by atoms with Crippen molar-refractivity contribution in [1.82, 2.24) is 0 Å². The molecule has 15 heteroatoms. The molecule has 0 unspecified atom stereocenters. The van der Waals surface area contributed by atoms with E-state index in [0.717, 1.165) is 29.8 Å². The fourth-order valence-corrected chi connectivity index (χ4v) is 21.3. The molecule has 5 rings (SSSR count). The van der Waals surface area contributed by atoms with E-state index in [2.05, 4.69) is 204 Å². The normalized spacial score (nSPS) is 11.5. The maximum atomic E-state index is 11.4. The van der Waals surface area contributed by atoms with Crippen molar-refractivity contribution >= 4 is 110 Å². The standard InChI is InChI=1S/C19H18BrP.C12H15IO3.C11H13IO4.C6H18NSi2.Na/c1-21(20,17-11-5-2-6-12-17,18-13-7-3-8-14-18)19-15-9-4-10-16-19;1-8(2)9-5-12(15-4)10(13)6-11(9)16-7-14-3;1-7(13)8-4-11(15-3)9(12)5-10(8)16-6-14-2;1-8(2,3)7-9(4,5)6;/h2-16H,1H3;5-6H,1,7H2,2-4H3;4-5H,6H2,1-3H3;1-6H3;/q;;;-1;+1. The number of ether oxygens (including phenoxy) is 6. The largest absolute Gasteiger partial charge is 1.00 e. The number of halogens is 3. The van der Waals surface area contributed by atoms with Crippen LogP contribution in [0.4, 0.5) is 0 Å². The summed E-state index contributed by atoms with van der Waals surface area (Å²) >= 11 is 8.57. The van der Waals surface area contributed by atoms with Crippen molar-refractivity contribution in [2.24, 2.45) is 0 Å². The van der Waals surface area contributed by atoms with Gasteiger partial charge in [-0.25, -0.2) is 0 Å². The Labute approximate surface area is 437 Å². The monoisotopic (exact) mass is 1210 g/mol. The van der Waals surface area contributed by atoms with Crippen LogP contribution in [0.5, 0.6) is 23.0 Å². The second-order valence-electron chi connectivity index (χ2n) is 16.3. The van der Waals surface area contributed by atoms with Gasteiger partial charge in [0.1, 0.15) is 23.0 Å². The summed E-state index contributed by atoms with van der Waals surface area (Å²) in [5, 5.41) is 1.48. The first-order chi connectivity index (χ1) is 29.0. The maximum absolute atomic E-state index is 11.4. The molecule has 0 heterocycles. The number of nitrogens with zero attached hydrogens (tertiary/aromatic N) is 1.